The van der Waals surface area contributed by atoms with E-state index in [9.17, 15) is 10.2 Å². The van der Waals surface area contributed by atoms with Gasteiger partial charge in [0.1, 0.15) is 0 Å². The topological polar surface area (TPSA) is 52.9 Å². The summed E-state index contributed by atoms with van der Waals surface area (Å²) in [6, 6.07) is 0. The van der Waals surface area contributed by atoms with Gasteiger partial charge in [-0.1, -0.05) is 6.92 Å². The molecule has 1 aliphatic rings. The average Bonchev–Trinajstić information content (AvgIpc) is 2.26. The Morgan fingerprint density at radius 2 is 2.06 bits per heavy atom. The molecule has 0 aliphatic carbocycles. The number of hydrogen-bond acceptors (Lipinski definition) is 4. The SMILES string of the molecule is CC1(CO)CCCN(CC(O)COC(C)(C)C)C1. The van der Waals surface area contributed by atoms with Crippen LogP contribution < -0.4 is 0 Å². The third-order valence-corrected chi connectivity index (χ3v) is 3.42. The Morgan fingerprint density at radius 3 is 2.61 bits per heavy atom. The van der Waals surface area contributed by atoms with Crippen LogP contribution in [-0.4, -0.2) is 59.7 Å². The Morgan fingerprint density at radius 1 is 1.39 bits per heavy atom. The molecule has 2 unspecified atom stereocenters. The van der Waals surface area contributed by atoms with Crippen molar-refractivity contribution in [1.29, 1.82) is 0 Å². The third kappa shape index (κ3) is 5.65. The number of nitrogens with zero attached hydrogens (tertiary/aromatic N) is 1. The van der Waals surface area contributed by atoms with Gasteiger partial charge in [0, 0.05) is 25.1 Å². The fraction of sp³-hybridized carbons (Fsp3) is 1.00. The van der Waals surface area contributed by atoms with Crippen LogP contribution in [0.15, 0.2) is 0 Å². The second-order valence-corrected chi connectivity index (χ2v) is 6.88. The van der Waals surface area contributed by atoms with Crippen LogP contribution in [0.2, 0.25) is 0 Å². The predicted octanol–water partition coefficient (Wildman–Crippen LogP) is 1.26. The van der Waals surface area contributed by atoms with Crippen LogP contribution in [0.25, 0.3) is 0 Å². The average molecular weight is 259 g/mol. The van der Waals surface area contributed by atoms with Gasteiger partial charge in [-0.25, -0.2) is 0 Å². The van der Waals surface area contributed by atoms with E-state index in [0.29, 0.717) is 13.2 Å². The van der Waals surface area contributed by atoms with E-state index in [1.54, 1.807) is 0 Å². The Labute approximate surface area is 111 Å². The fourth-order valence-corrected chi connectivity index (χ4v) is 2.41. The van der Waals surface area contributed by atoms with Gasteiger partial charge < -0.3 is 19.8 Å². The van der Waals surface area contributed by atoms with Crippen LogP contribution in [0.1, 0.15) is 40.5 Å². The van der Waals surface area contributed by atoms with Crippen molar-refractivity contribution in [3.63, 3.8) is 0 Å². The molecule has 0 bridgehead atoms. The molecule has 1 saturated heterocycles. The van der Waals surface area contributed by atoms with Crippen LogP contribution >= 0.6 is 0 Å². The predicted molar refractivity (Wildman–Crippen MR) is 72.6 cm³/mol. The molecule has 18 heavy (non-hydrogen) atoms. The minimum atomic E-state index is -0.453. The maximum atomic E-state index is 9.98. The molecule has 1 fully saturated rings. The normalized spacial score (nSPS) is 28.3. The molecule has 108 valence electrons. The molecular formula is C14H29NO3. The smallest absolute Gasteiger partial charge is 0.0900 e. The molecule has 1 aliphatic heterocycles. The van der Waals surface area contributed by atoms with Crippen LogP contribution in [0, 0.1) is 5.41 Å². The van der Waals surface area contributed by atoms with E-state index in [0.717, 1.165) is 25.9 Å². The molecule has 1 heterocycles. The Bertz CT molecular complexity index is 252. The number of aliphatic hydroxyl groups excluding tert-OH is 2. The molecule has 0 aromatic heterocycles. The van der Waals surface area contributed by atoms with E-state index in [4.69, 9.17) is 4.74 Å². The number of piperidine rings is 1. The molecule has 2 N–H and O–H groups in total. The van der Waals surface area contributed by atoms with Crippen molar-refractivity contribution >= 4 is 0 Å². The summed E-state index contributed by atoms with van der Waals surface area (Å²) >= 11 is 0. The van der Waals surface area contributed by atoms with E-state index in [1.165, 1.54) is 0 Å². The lowest BCUT2D eigenvalue weighted by Gasteiger charge is -2.40. The van der Waals surface area contributed by atoms with E-state index in [1.807, 2.05) is 20.8 Å². The molecule has 1 rings (SSSR count). The summed E-state index contributed by atoms with van der Waals surface area (Å²) < 4.78 is 5.58. The highest BCUT2D eigenvalue weighted by atomic mass is 16.5. The second kappa shape index (κ2) is 6.33. The van der Waals surface area contributed by atoms with E-state index in [2.05, 4.69) is 11.8 Å². The van der Waals surface area contributed by atoms with E-state index >= 15 is 0 Å². The summed E-state index contributed by atoms with van der Waals surface area (Å²) in [7, 11) is 0. The highest BCUT2D eigenvalue weighted by molar-refractivity contribution is 4.83. The molecular weight excluding hydrogens is 230 g/mol. The van der Waals surface area contributed by atoms with Gasteiger partial charge in [0.05, 0.1) is 18.3 Å². The zero-order valence-corrected chi connectivity index (χ0v) is 12.3. The minimum absolute atomic E-state index is 0.0111. The first-order chi connectivity index (χ1) is 8.24. The molecule has 2 atom stereocenters. The lowest BCUT2D eigenvalue weighted by Crippen LogP contribution is -2.47. The van der Waals surface area contributed by atoms with Crippen molar-refractivity contribution in [2.24, 2.45) is 5.41 Å². The lowest BCUT2D eigenvalue weighted by molar-refractivity contribution is -0.0628. The van der Waals surface area contributed by atoms with Crippen molar-refractivity contribution < 1.29 is 14.9 Å². The minimum Gasteiger partial charge on any atom is -0.396 e. The largest absolute Gasteiger partial charge is 0.396 e. The number of ether oxygens (including phenoxy) is 1. The zero-order valence-electron chi connectivity index (χ0n) is 12.3. The first-order valence-corrected chi connectivity index (χ1v) is 6.89. The summed E-state index contributed by atoms with van der Waals surface area (Å²) in [5.74, 6) is 0. The summed E-state index contributed by atoms with van der Waals surface area (Å²) in [5.41, 5.74) is -0.217. The first-order valence-electron chi connectivity index (χ1n) is 6.89. The summed E-state index contributed by atoms with van der Waals surface area (Å²) in [5, 5.41) is 19.4. The van der Waals surface area contributed by atoms with E-state index < -0.39 is 6.10 Å². The number of hydrogen-bond donors (Lipinski definition) is 2. The van der Waals surface area contributed by atoms with Gasteiger partial charge >= 0.3 is 0 Å². The molecule has 4 nitrogen and oxygen atoms in total. The second-order valence-electron chi connectivity index (χ2n) is 6.88. The third-order valence-electron chi connectivity index (χ3n) is 3.42. The van der Waals surface area contributed by atoms with Crippen molar-refractivity contribution in [1.82, 2.24) is 4.90 Å². The monoisotopic (exact) mass is 259 g/mol. The van der Waals surface area contributed by atoms with Gasteiger partial charge in [-0.3, -0.25) is 0 Å². The molecule has 0 saturated carbocycles. The standard InChI is InChI=1S/C14H29NO3/c1-13(2,3)18-9-12(17)8-15-7-5-6-14(4,10-15)11-16/h12,16-17H,5-11H2,1-4H3. The molecule has 0 spiro atoms. The molecule has 4 heteroatoms. The van der Waals surface area contributed by atoms with Gasteiger partial charge in [0.15, 0.2) is 0 Å². The van der Waals surface area contributed by atoms with E-state index in [-0.39, 0.29) is 17.6 Å². The van der Waals surface area contributed by atoms with Gasteiger partial charge in [0.25, 0.3) is 0 Å². The van der Waals surface area contributed by atoms with Crippen molar-refractivity contribution in [2.45, 2.75) is 52.2 Å². The number of β-amino-alcohol motifs (C(OH)–C–C–N with tert-alkyl or cyclic N) is 1. The number of aliphatic hydroxyl groups is 2. The highest BCUT2D eigenvalue weighted by Crippen LogP contribution is 2.28. The highest BCUT2D eigenvalue weighted by Gasteiger charge is 2.31. The summed E-state index contributed by atoms with van der Waals surface area (Å²) in [6.07, 6.45) is 1.70. The number of likely N-dealkylation sites (tertiary alicyclic amines) is 1. The lowest BCUT2D eigenvalue weighted by atomic mass is 9.83. The van der Waals surface area contributed by atoms with Crippen molar-refractivity contribution in [3.05, 3.63) is 0 Å². The fourth-order valence-electron chi connectivity index (χ4n) is 2.41. The Balaban J connectivity index is 2.33. The van der Waals surface area contributed by atoms with Gasteiger partial charge in [-0.15, -0.1) is 0 Å². The zero-order chi connectivity index (χ0) is 13.8. The first kappa shape index (κ1) is 15.9. The molecule has 0 radical (unpaired) electrons. The quantitative estimate of drug-likeness (QED) is 0.780. The van der Waals surface area contributed by atoms with Gasteiger partial charge in [-0.05, 0) is 40.2 Å². The molecule has 0 aromatic carbocycles. The van der Waals surface area contributed by atoms with Gasteiger partial charge in [0.2, 0.25) is 0 Å². The van der Waals surface area contributed by atoms with Gasteiger partial charge in [-0.2, -0.15) is 0 Å². The molecule has 0 aromatic rings. The van der Waals surface area contributed by atoms with Crippen LogP contribution in [-0.2, 0) is 4.74 Å². The Kier molecular flexibility index (Phi) is 5.59. The van der Waals surface area contributed by atoms with Crippen LogP contribution in [0.3, 0.4) is 0 Å². The Hall–Kier alpha value is -0.160. The maximum Gasteiger partial charge on any atom is 0.0900 e. The molecule has 0 amide bonds. The number of rotatable bonds is 5. The van der Waals surface area contributed by atoms with Crippen LogP contribution in [0.5, 0.6) is 0 Å². The maximum absolute atomic E-state index is 9.98. The summed E-state index contributed by atoms with van der Waals surface area (Å²) in [6.45, 7) is 11.2. The van der Waals surface area contributed by atoms with Crippen molar-refractivity contribution in [3.8, 4) is 0 Å². The van der Waals surface area contributed by atoms with Crippen molar-refractivity contribution in [2.75, 3.05) is 32.8 Å². The summed E-state index contributed by atoms with van der Waals surface area (Å²) in [4.78, 5) is 2.23. The van der Waals surface area contributed by atoms with Crippen LogP contribution in [0.4, 0.5) is 0 Å².